The van der Waals surface area contributed by atoms with Gasteiger partial charge in [-0.2, -0.15) is 0 Å². The van der Waals surface area contributed by atoms with Crippen LogP contribution in [0.1, 0.15) is 74.1 Å². The average molecular weight is 438 g/mol. The minimum absolute atomic E-state index is 0.568. The van der Waals surface area contributed by atoms with Crippen molar-refractivity contribution in [2.45, 2.75) is 65.7 Å². The molecule has 174 valence electrons. The van der Waals surface area contributed by atoms with Gasteiger partial charge in [0.25, 0.3) is 0 Å². The number of aryl methyl sites for hydroxylation is 2. The molecule has 0 N–H and O–H groups in total. The average Bonchev–Trinajstić information content (AvgIpc) is 2.79. The van der Waals surface area contributed by atoms with Gasteiger partial charge in [0.15, 0.2) is 0 Å². The molecule has 2 aromatic carbocycles. The molecule has 2 aromatic rings. The van der Waals surface area contributed by atoms with E-state index in [9.17, 15) is 0 Å². The molecule has 0 bridgehead atoms. The Balaban J connectivity index is 1.65. The molecule has 0 fully saturated rings. The van der Waals surface area contributed by atoms with E-state index in [0.29, 0.717) is 12.5 Å². The molecule has 0 aliphatic rings. The van der Waals surface area contributed by atoms with Gasteiger partial charge in [-0.25, -0.2) is 0 Å². The standard InChI is InChI=1S/C28H39NO3/c1-6-7-17-31-27-19-23(3)28(24(4)20-27)32-18-11-9-8-10-12-22(2)26-15-13-25(14-16-26)21-29-30-5/h6-7,13-16,19-22H,8-12,17-18H2,1-5H3/b7-6+,29-21+. The van der Waals surface area contributed by atoms with Crippen molar-refractivity contribution in [3.63, 3.8) is 0 Å². The molecule has 2 rings (SSSR count). The summed E-state index contributed by atoms with van der Waals surface area (Å²) < 4.78 is 11.8. The maximum atomic E-state index is 6.10. The van der Waals surface area contributed by atoms with Gasteiger partial charge in [0.1, 0.15) is 25.2 Å². The lowest BCUT2D eigenvalue weighted by atomic mass is 9.94. The van der Waals surface area contributed by atoms with E-state index in [2.05, 4.69) is 62.3 Å². The molecule has 1 atom stereocenters. The van der Waals surface area contributed by atoms with Crippen LogP contribution < -0.4 is 9.47 Å². The van der Waals surface area contributed by atoms with Crippen LogP contribution in [0.4, 0.5) is 0 Å². The molecule has 0 saturated carbocycles. The van der Waals surface area contributed by atoms with E-state index >= 15 is 0 Å². The summed E-state index contributed by atoms with van der Waals surface area (Å²) in [5, 5.41) is 3.80. The molecule has 32 heavy (non-hydrogen) atoms. The van der Waals surface area contributed by atoms with Gasteiger partial charge < -0.3 is 14.3 Å². The minimum Gasteiger partial charge on any atom is -0.493 e. The Morgan fingerprint density at radius 3 is 2.28 bits per heavy atom. The van der Waals surface area contributed by atoms with E-state index in [4.69, 9.17) is 14.3 Å². The lowest BCUT2D eigenvalue weighted by Gasteiger charge is -2.15. The normalized spacial score (nSPS) is 12.4. The van der Waals surface area contributed by atoms with Crippen LogP contribution in [-0.2, 0) is 4.84 Å². The molecule has 1 unspecified atom stereocenters. The number of hydrogen-bond donors (Lipinski definition) is 0. The van der Waals surface area contributed by atoms with Crippen LogP contribution in [0.2, 0.25) is 0 Å². The molecular weight excluding hydrogens is 398 g/mol. The third-order valence-corrected chi connectivity index (χ3v) is 5.61. The first-order valence-corrected chi connectivity index (χ1v) is 11.7. The molecular formula is C28H39NO3. The molecule has 0 amide bonds. The summed E-state index contributed by atoms with van der Waals surface area (Å²) in [6.45, 7) is 9.84. The van der Waals surface area contributed by atoms with Gasteiger partial charge in [-0.1, -0.05) is 67.8 Å². The maximum absolute atomic E-state index is 6.10. The molecule has 4 nitrogen and oxygen atoms in total. The van der Waals surface area contributed by atoms with E-state index in [-0.39, 0.29) is 0 Å². The van der Waals surface area contributed by atoms with Gasteiger partial charge >= 0.3 is 0 Å². The number of hydrogen-bond acceptors (Lipinski definition) is 4. The lowest BCUT2D eigenvalue weighted by molar-refractivity contribution is 0.215. The van der Waals surface area contributed by atoms with Crippen molar-refractivity contribution >= 4 is 6.21 Å². The van der Waals surface area contributed by atoms with Crippen LogP contribution in [-0.4, -0.2) is 26.5 Å². The van der Waals surface area contributed by atoms with Crippen molar-refractivity contribution in [1.29, 1.82) is 0 Å². The van der Waals surface area contributed by atoms with Crippen LogP contribution in [0.25, 0.3) is 0 Å². The Kier molecular flexibility index (Phi) is 11.4. The smallest absolute Gasteiger partial charge is 0.125 e. The predicted molar refractivity (Wildman–Crippen MR) is 134 cm³/mol. The van der Waals surface area contributed by atoms with E-state index in [1.807, 2.05) is 19.1 Å². The molecule has 0 spiro atoms. The van der Waals surface area contributed by atoms with Crippen molar-refractivity contribution in [3.05, 3.63) is 70.8 Å². The second-order valence-corrected chi connectivity index (χ2v) is 8.30. The summed E-state index contributed by atoms with van der Waals surface area (Å²) in [6, 6.07) is 12.7. The third-order valence-electron chi connectivity index (χ3n) is 5.61. The number of benzene rings is 2. The summed E-state index contributed by atoms with van der Waals surface area (Å²) in [7, 11) is 1.56. The lowest BCUT2D eigenvalue weighted by Crippen LogP contribution is -2.02. The highest BCUT2D eigenvalue weighted by Crippen LogP contribution is 2.29. The third kappa shape index (κ3) is 8.78. The zero-order chi connectivity index (χ0) is 23.2. The van der Waals surface area contributed by atoms with E-state index in [1.165, 1.54) is 31.2 Å². The first-order valence-electron chi connectivity index (χ1n) is 11.7. The van der Waals surface area contributed by atoms with Crippen LogP contribution in [0.15, 0.2) is 53.7 Å². The van der Waals surface area contributed by atoms with Gasteiger partial charge in [0.2, 0.25) is 0 Å². The van der Waals surface area contributed by atoms with Crippen molar-refractivity contribution < 1.29 is 14.3 Å². The topological polar surface area (TPSA) is 40.0 Å². The Morgan fingerprint density at radius 1 is 0.938 bits per heavy atom. The highest BCUT2D eigenvalue weighted by atomic mass is 16.6. The number of unbranched alkanes of at least 4 members (excludes halogenated alkanes) is 3. The molecule has 0 aliphatic carbocycles. The van der Waals surface area contributed by atoms with Crippen molar-refractivity contribution in [3.8, 4) is 11.5 Å². The summed E-state index contributed by atoms with van der Waals surface area (Å²) >= 11 is 0. The summed E-state index contributed by atoms with van der Waals surface area (Å²) in [6.07, 6.45) is 11.7. The Hall–Kier alpha value is -2.75. The monoisotopic (exact) mass is 437 g/mol. The fourth-order valence-corrected chi connectivity index (χ4v) is 3.73. The van der Waals surface area contributed by atoms with E-state index < -0.39 is 0 Å². The zero-order valence-electron chi connectivity index (χ0n) is 20.4. The second-order valence-electron chi connectivity index (χ2n) is 8.30. The molecule has 0 aliphatic heterocycles. The van der Waals surface area contributed by atoms with Gasteiger partial charge in [-0.15, -0.1) is 0 Å². The van der Waals surface area contributed by atoms with Gasteiger partial charge in [0.05, 0.1) is 12.8 Å². The summed E-state index contributed by atoms with van der Waals surface area (Å²) in [5.74, 6) is 2.46. The van der Waals surface area contributed by atoms with E-state index in [0.717, 1.165) is 41.2 Å². The van der Waals surface area contributed by atoms with Crippen molar-refractivity contribution in [2.75, 3.05) is 20.3 Å². The minimum atomic E-state index is 0.568. The first-order chi connectivity index (χ1) is 15.5. The van der Waals surface area contributed by atoms with E-state index in [1.54, 1.807) is 13.3 Å². The highest BCUT2D eigenvalue weighted by Gasteiger charge is 2.08. The predicted octanol–water partition coefficient (Wildman–Crippen LogP) is 7.37. The number of rotatable bonds is 14. The highest BCUT2D eigenvalue weighted by molar-refractivity contribution is 5.79. The summed E-state index contributed by atoms with van der Waals surface area (Å²) in [5.41, 5.74) is 4.71. The molecule has 0 heterocycles. The maximum Gasteiger partial charge on any atom is 0.125 e. The summed E-state index contributed by atoms with van der Waals surface area (Å²) in [4.78, 5) is 4.73. The van der Waals surface area contributed by atoms with Gasteiger partial charge in [0, 0.05) is 0 Å². The number of ether oxygens (including phenoxy) is 2. The Labute approximate surface area is 194 Å². The molecule has 0 saturated heterocycles. The zero-order valence-corrected chi connectivity index (χ0v) is 20.4. The van der Waals surface area contributed by atoms with Crippen LogP contribution in [0.5, 0.6) is 11.5 Å². The first kappa shape index (κ1) is 25.5. The Bertz CT molecular complexity index is 832. The van der Waals surface area contributed by atoms with Crippen molar-refractivity contribution in [2.24, 2.45) is 5.16 Å². The van der Waals surface area contributed by atoms with Gasteiger partial charge in [-0.3, -0.25) is 0 Å². The molecule has 0 aromatic heterocycles. The fourth-order valence-electron chi connectivity index (χ4n) is 3.73. The van der Waals surface area contributed by atoms with Gasteiger partial charge in [-0.05, 0) is 73.9 Å². The number of oxime groups is 1. The van der Waals surface area contributed by atoms with Crippen molar-refractivity contribution in [1.82, 2.24) is 0 Å². The quantitative estimate of drug-likeness (QED) is 0.134. The van der Waals surface area contributed by atoms with Crippen LogP contribution in [0, 0.1) is 13.8 Å². The largest absolute Gasteiger partial charge is 0.493 e. The number of allylic oxidation sites excluding steroid dienone is 1. The Morgan fingerprint density at radius 2 is 1.62 bits per heavy atom. The molecule has 0 radical (unpaired) electrons. The SMILES string of the molecule is C/C=C/COc1cc(C)c(OCCCCCCC(C)c2ccc(/C=N/OC)cc2)c(C)c1. The second kappa shape index (κ2) is 14.3. The number of nitrogens with zero attached hydrogens (tertiary/aromatic N) is 1. The van der Waals surface area contributed by atoms with Crippen LogP contribution in [0.3, 0.4) is 0 Å². The fraction of sp³-hybridized carbons (Fsp3) is 0.464. The molecule has 4 heteroatoms. The van der Waals surface area contributed by atoms with Crippen LogP contribution >= 0.6 is 0 Å².